The van der Waals surface area contributed by atoms with Gasteiger partial charge in [0.05, 0.1) is 17.6 Å². The first-order chi connectivity index (χ1) is 12.1. The Kier molecular flexibility index (Phi) is 5.09. The van der Waals surface area contributed by atoms with Crippen molar-refractivity contribution in [1.82, 2.24) is 20.6 Å². The second-order valence-electron chi connectivity index (χ2n) is 5.92. The average molecular weight is 336 g/mol. The first-order valence-corrected chi connectivity index (χ1v) is 8.18. The van der Waals surface area contributed by atoms with Crippen LogP contribution < -0.4 is 10.6 Å². The van der Waals surface area contributed by atoms with E-state index in [2.05, 4.69) is 20.6 Å². The van der Waals surface area contributed by atoms with Crippen molar-refractivity contribution in [2.75, 3.05) is 0 Å². The second-order valence-corrected chi connectivity index (χ2v) is 5.92. The highest BCUT2D eigenvalue weighted by molar-refractivity contribution is 5.94. The first-order valence-electron chi connectivity index (χ1n) is 8.18. The van der Waals surface area contributed by atoms with Crippen molar-refractivity contribution >= 4 is 22.8 Å². The van der Waals surface area contributed by atoms with E-state index in [4.69, 9.17) is 0 Å². The maximum atomic E-state index is 12.1. The number of hydrogen-bond donors (Lipinski definition) is 3. The van der Waals surface area contributed by atoms with E-state index in [9.17, 15) is 9.59 Å². The van der Waals surface area contributed by atoms with Crippen LogP contribution in [0.5, 0.6) is 0 Å². The minimum absolute atomic E-state index is 0.138. The van der Waals surface area contributed by atoms with Gasteiger partial charge in [-0.15, -0.1) is 0 Å². The summed E-state index contributed by atoms with van der Waals surface area (Å²) in [5.74, 6) is 0.384. The molecule has 6 nitrogen and oxygen atoms in total. The number of nitrogens with zero attached hydrogens (tertiary/aromatic N) is 1. The van der Waals surface area contributed by atoms with E-state index in [1.165, 1.54) is 0 Å². The number of rotatable bonds is 6. The second kappa shape index (κ2) is 7.61. The SMILES string of the molecule is CC(CC(=O)NCc1nc2ccccc2[nH]1)NC(=O)c1ccccc1. The fourth-order valence-electron chi connectivity index (χ4n) is 2.57. The third-order valence-electron chi connectivity index (χ3n) is 3.80. The molecular weight excluding hydrogens is 316 g/mol. The Labute approximate surface area is 145 Å². The van der Waals surface area contributed by atoms with Crippen LogP contribution in [0.1, 0.15) is 29.5 Å². The van der Waals surface area contributed by atoms with E-state index < -0.39 is 0 Å². The lowest BCUT2D eigenvalue weighted by atomic mass is 10.1. The summed E-state index contributed by atoms with van der Waals surface area (Å²) in [6.07, 6.45) is 0.207. The van der Waals surface area contributed by atoms with Crippen LogP contribution in [-0.2, 0) is 11.3 Å². The molecule has 0 fully saturated rings. The molecule has 3 rings (SSSR count). The molecule has 0 aliphatic carbocycles. The Morgan fingerprint density at radius 2 is 1.80 bits per heavy atom. The zero-order valence-electron chi connectivity index (χ0n) is 14.0. The maximum absolute atomic E-state index is 12.1. The minimum atomic E-state index is -0.261. The number of carbonyl (C=O) groups excluding carboxylic acids is 2. The van der Waals surface area contributed by atoms with Crippen LogP contribution in [0.25, 0.3) is 11.0 Å². The maximum Gasteiger partial charge on any atom is 0.251 e. The molecule has 3 N–H and O–H groups in total. The smallest absolute Gasteiger partial charge is 0.251 e. The van der Waals surface area contributed by atoms with Crippen LogP contribution in [0.3, 0.4) is 0 Å². The lowest BCUT2D eigenvalue weighted by molar-refractivity contribution is -0.121. The van der Waals surface area contributed by atoms with Crippen LogP contribution in [0.15, 0.2) is 54.6 Å². The molecular formula is C19H20N4O2. The highest BCUT2D eigenvalue weighted by atomic mass is 16.2. The van der Waals surface area contributed by atoms with Gasteiger partial charge in [0.15, 0.2) is 0 Å². The largest absolute Gasteiger partial charge is 0.349 e. The van der Waals surface area contributed by atoms with Crippen molar-refractivity contribution in [3.05, 3.63) is 66.0 Å². The number of aromatic nitrogens is 2. The molecule has 0 aliphatic rings. The number of imidazole rings is 1. The number of H-pyrrole nitrogens is 1. The fourth-order valence-corrected chi connectivity index (χ4v) is 2.57. The highest BCUT2D eigenvalue weighted by Gasteiger charge is 2.13. The molecule has 0 radical (unpaired) electrons. The lowest BCUT2D eigenvalue weighted by Gasteiger charge is -2.13. The molecule has 0 saturated heterocycles. The van der Waals surface area contributed by atoms with Gasteiger partial charge in [-0.3, -0.25) is 9.59 Å². The summed E-state index contributed by atoms with van der Waals surface area (Å²) in [5, 5.41) is 5.64. The number of nitrogens with one attached hydrogen (secondary N) is 3. The molecule has 0 aliphatic heterocycles. The quantitative estimate of drug-likeness (QED) is 0.646. The van der Waals surface area contributed by atoms with E-state index in [1.54, 1.807) is 24.3 Å². The van der Waals surface area contributed by atoms with E-state index in [0.29, 0.717) is 17.9 Å². The highest BCUT2D eigenvalue weighted by Crippen LogP contribution is 2.10. The number of benzene rings is 2. The predicted octanol–water partition coefficient (Wildman–Crippen LogP) is 2.39. The van der Waals surface area contributed by atoms with Gasteiger partial charge in [-0.25, -0.2) is 4.98 Å². The first kappa shape index (κ1) is 16.7. The van der Waals surface area contributed by atoms with Crippen molar-refractivity contribution in [2.24, 2.45) is 0 Å². The lowest BCUT2D eigenvalue weighted by Crippen LogP contribution is -2.37. The number of carbonyl (C=O) groups is 2. The Morgan fingerprint density at radius 1 is 1.08 bits per heavy atom. The van der Waals surface area contributed by atoms with Gasteiger partial charge in [0, 0.05) is 18.0 Å². The minimum Gasteiger partial charge on any atom is -0.349 e. The number of fused-ring (bicyclic) bond motifs is 1. The van der Waals surface area contributed by atoms with Gasteiger partial charge < -0.3 is 15.6 Å². The Bertz CT molecular complexity index is 840. The van der Waals surface area contributed by atoms with Gasteiger partial charge in [-0.1, -0.05) is 30.3 Å². The Morgan fingerprint density at radius 3 is 2.56 bits per heavy atom. The van der Waals surface area contributed by atoms with Gasteiger partial charge in [0.25, 0.3) is 5.91 Å². The monoisotopic (exact) mass is 336 g/mol. The number of hydrogen-bond acceptors (Lipinski definition) is 3. The zero-order valence-corrected chi connectivity index (χ0v) is 14.0. The third kappa shape index (κ3) is 4.44. The van der Waals surface area contributed by atoms with Gasteiger partial charge in [0.2, 0.25) is 5.91 Å². The van der Waals surface area contributed by atoms with E-state index in [-0.39, 0.29) is 24.3 Å². The van der Waals surface area contributed by atoms with Crippen molar-refractivity contribution in [1.29, 1.82) is 0 Å². The number of para-hydroxylation sites is 2. The van der Waals surface area contributed by atoms with Crippen LogP contribution in [0, 0.1) is 0 Å². The van der Waals surface area contributed by atoms with Crippen LogP contribution >= 0.6 is 0 Å². The van der Waals surface area contributed by atoms with Crippen LogP contribution in [0.2, 0.25) is 0 Å². The fraction of sp³-hybridized carbons (Fsp3) is 0.211. The number of aromatic amines is 1. The third-order valence-corrected chi connectivity index (χ3v) is 3.80. The number of amides is 2. The van der Waals surface area contributed by atoms with Crippen molar-refractivity contribution in [3.63, 3.8) is 0 Å². The molecule has 2 aromatic carbocycles. The van der Waals surface area contributed by atoms with E-state index in [0.717, 1.165) is 11.0 Å². The van der Waals surface area contributed by atoms with Crippen molar-refractivity contribution in [2.45, 2.75) is 25.9 Å². The van der Waals surface area contributed by atoms with Crippen molar-refractivity contribution in [3.8, 4) is 0 Å². The van der Waals surface area contributed by atoms with Gasteiger partial charge >= 0.3 is 0 Å². The molecule has 25 heavy (non-hydrogen) atoms. The van der Waals surface area contributed by atoms with Crippen LogP contribution in [0.4, 0.5) is 0 Å². The average Bonchev–Trinajstić information content (AvgIpc) is 3.03. The molecule has 1 heterocycles. The zero-order chi connectivity index (χ0) is 17.6. The summed E-state index contributed by atoms with van der Waals surface area (Å²) in [6.45, 7) is 2.13. The predicted molar refractivity (Wildman–Crippen MR) is 95.9 cm³/mol. The summed E-state index contributed by atoms with van der Waals surface area (Å²) in [7, 11) is 0. The topological polar surface area (TPSA) is 86.9 Å². The molecule has 0 spiro atoms. The molecule has 1 atom stereocenters. The van der Waals surface area contributed by atoms with Gasteiger partial charge in [-0.2, -0.15) is 0 Å². The van der Waals surface area contributed by atoms with E-state index >= 15 is 0 Å². The Balaban J connectivity index is 1.47. The van der Waals surface area contributed by atoms with Gasteiger partial charge in [-0.05, 0) is 31.2 Å². The molecule has 1 unspecified atom stereocenters. The standard InChI is InChI=1S/C19H20N4O2/c1-13(21-19(25)14-7-3-2-4-8-14)11-18(24)20-12-17-22-15-9-5-6-10-16(15)23-17/h2-10,13H,11-12H2,1H3,(H,20,24)(H,21,25)(H,22,23). The van der Waals surface area contributed by atoms with Gasteiger partial charge in [0.1, 0.15) is 5.82 Å². The summed E-state index contributed by atoms with van der Waals surface area (Å²) in [6, 6.07) is 16.4. The van der Waals surface area contributed by atoms with E-state index in [1.807, 2.05) is 37.3 Å². The molecule has 128 valence electrons. The molecule has 0 saturated carbocycles. The molecule has 1 aromatic heterocycles. The summed E-state index contributed by atoms with van der Waals surface area (Å²) in [4.78, 5) is 31.7. The molecule has 6 heteroatoms. The summed E-state index contributed by atoms with van der Waals surface area (Å²) >= 11 is 0. The Hall–Kier alpha value is -3.15. The normalized spacial score (nSPS) is 11.9. The summed E-state index contributed by atoms with van der Waals surface area (Å²) in [5.41, 5.74) is 2.39. The molecule has 2 amide bonds. The van der Waals surface area contributed by atoms with Crippen LogP contribution in [-0.4, -0.2) is 27.8 Å². The molecule has 0 bridgehead atoms. The summed E-state index contributed by atoms with van der Waals surface area (Å²) < 4.78 is 0. The van der Waals surface area contributed by atoms with Crippen molar-refractivity contribution < 1.29 is 9.59 Å². The molecule has 3 aromatic rings.